The van der Waals surface area contributed by atoms with Crippen molar-refractivity contribution in [2.75, 3.05) is 12.3 Å². The van der Waals surface area contributed by atoms with Crippen LogP contribution in [-0.2, 0) is 0 Å². The number of aromatic nitrogens is 1. The summed E-state index contributed by atoms with van der Waals surface area (Å²) < 4.78 is 5.46. The molecule has 0 aromatic carbocycles. The molecule has 0 saturated heterocycles. The fourth-order valence-electron chi connectivity index (χ4n) is 1.38. The smallest absolute Gasteiger partial charge is 0.275 e. The minimum atomic E-state index is 0.695. The van der Waals surface area contributed by atoms with Crippen LogP contribution in [0.5, 0.6) is 5.19 Å². The van der Waals surface area contributed by atoms with Gasteiger partial charge in [-0.05, 0) is 6.42 Å². The maximum Gasteiger partial charge on any atom is 0.275 e. The quantitative estimate of drug-likeness (QED) is 0.693. The van der Waals surface area contributed by atoms with Gasteiger partial charge in [-0.15, -0.1) is 0 Å². The summed E-state index contributed by atoms with van der Waals surface area (Å²) in [6, 6.07) is 0. The third-order valence-corrected chi connectivity index (χ3v) is 2.96. The van der Waals surface area contributed by atoms with Crippen LogP contribution in [0.2, 0.25) is 0 Å². The summed E-state index contributed by atoms with van der Waals surface area (Å²) in [5, 5.41) is 1.41. The minimum absolute atomic E-state index is 0.695. The van der Waals surface area contributed by atoms with E-state index in [1.807, 2.05) is 0 Å². The van der Waals surface area contributed by atoms with Gasteiger partial charge in [0.1, 0.15) is 5.00 Å². The number of nitrogens with two attached hydrogens (primary N) is 1. The summed E-state index contributed by atoms with van der Waals surface area (Å²) in [7, 11) is 0. The molecule has 15 heavy (non-hydrogen) atoms. The number of ether oxygens (including phenoxy) is 1. The number of rotatable bonds is 8. The molecule has 3 nitrogen and oxygen atoms in total. The van der Waals surface area contributed by atoms with Crippen LogP contribution in [0.15, 0.2) is 6.20 Å². The number of anilines is 1. The molecule has 0 aliphatic rings. The van der Waals surface area contributed by atoms with Gasteiger partial charge in [0.05, 0.1) is 12.8 Å². The standard InChI is InChI=1S/C11H20N2OS/c1-2-3-4-5-6-7-8-14-11-13-9-10(12)15-11/h9H,2-8,12H2,1H3. The van der Waals surface area contributed by atoms with Gasteiger partial charge in [-0.2, -0.15) is 0 Å². The van der Waals surface area contributed by atoms with Crippen molar-refractivity contribution in [2.45, 2.75) is 45.4 Å². The second-order valence-corrected chi connectivity index (χ2v) is 4.67. The molecule has 0 aliphatic heterocycles. The van der Waals surface area contributed by atoms with E-state index in [9.17, 15) is 0 Å². The van der Waals surface area contributed by atoms with E-state index >= 15 is 0 Å². The lowest BCUT2D eigenvalue weighted by Gasteiger charge is -2.01. The molecule has 0 atom stereocenters. The van der Waals surface area contributed by atoms with Gasteiger partial charge in [0.2, 0.25) is 0 Å². The average Bonchev–Trinajstić information content (AvgIpc) is 2.63. The molecule has 2 N–H and O–H groups in total. The first-order valence-corrected chi connectivity index (χ1v) is 6.48. The second kappa shape index (κ2) is 7.51. The highest BCUT2D eigenvalue weighted by atomic mass is 32.1. The van der Waals surface area contributed by atoms with E-state index in [1.165, 1.54) is 43.4 Å². The highest BCUT2D eigenvalue weighted by Crippen LogP contribution is 2.22. The Balaban J connectivity index is 1.93. The van der Waals surface area contributed by atoms with Gasteiger partial charge in [0, 0.05) is 0 Å². The van der Waals surface area contributed by atoms with Crippen LogP contribution >= 0.6 is 11.3 Å². The number of thiazole rings is 1. The third kappa shape index (κ3) is 5.62. The van der Waals surface area contributed by atoms with E-state index in [-0.39, 0.29) is 0 Å². The molecule has 0 spiro atoms. The zero-order valence-corrected chi connectivity index (χ0v) is 10.2. The van der Waals surface area contributed by atoms with Gasteiger partial charge < -0.3 is 10.5 Å². The molecule has 1 aromatic heterocycles. The van der Waals surface area contributed by atoms with E-state index in [0.717, 1.165) is 13.0 Å². The first-order chi connectivity index (χ1) is 7.33. The SMILES string of the molecule is CCCCCCCCOc1ncc(N)s1. The van der Waals surface area contributed by atoms with Gasteiger partial charge in [-0.1, -0.05) is 50.4 Å². The summed E-state index contributed by atoms with van der Waals surface area (Å²) in [5.41, 5.74) is 5.54. The van der Waals surface area contributed by atoms with Crippen molar-refractivity contribution in [3.8, 4) is 5.19 Å². The van der Waals surface area contributed by atoms with Crippen LogP contribution in [0.1, 0.15) is 45.4 Å². The molecule has 1 aromatic rings. The summed E-state index contributed by atoms with van der Waals surface area (Å²) in [4.78, 5) is 4.03. The molecule has 0 bridgehead atoms. The van der Waals surface area contributed by atoms with Gasteiger partial charge in [-0.25, -0.2) is 4.98 Å². The van der Waals surface area contributed by atoms with Crippen molar-refractivity contribution in [2.24, 2.45) is 0 Å². The number of hydrogen-bond acceptors (Lipinski definition) is 4. The molecule has 0 radical (unpaired) electrons. The van der Waals surface area contributed by atoms with Crippen molar-refractivity contribution < 1.29 is 4.74 Å². The molecule has 0 aliphatic carbocycles. The van der Waals surface area contributed by atoms with Gasteiger partial charge in [0.15, 0.2) is 0 Å². The Morgan fingerprint density at radius 1 is 1.27 bits per heavy atom. The normalized spacial score (nSPS) is 10.5. The van der Waals surface area contributed by atoms with Gasteiger partial charge in [-0.3, -0.25) is 0 Å². The average molecular weight is 228 g/mol. The number of nitrogen functional groups attached to an aromatic ring is 1. The lowest BCUT2D eigenvalue weighted by molar-refractivity contribution is 0.303. The van der Waals surface area contributed by atoms with Gasteiger partial charge in [0.25, 0.3) is 5.19 Å². The van der Waals surface area contributed by atoms with Crippen molar-refractivity contribution in [1.29, 1.82) is 0 Å². The predicted octanol–water partition coefficient (Wildman–Crippen LogP) is 3.46. The summed E-state index contributed by atoms with van der Waals surface area (Å²) >= 11 is 1.40. The van der Waals surface area contributed by atoms with E-state index in [2.05, 4.69) is 11.9 Å². The van der Waals surface area contributed by atoms with Crippen molar-refractivity contribution in [1.82, 2.24) is 4.98 Å². The Morgan fingerprint density at radius 2 is 2.00 bits per heavy atom. The summed E-state index contributed by atoms with van der Waals surface area (Å²) in [6.07, 6.45) is 9.32. The fraction of sp³-hybridized carbons (Fsp3) is 0.727. The first kappa shape index (κ1) is 12.3. The van der Waals surface area contributed by atoms with Crippen LogP contribution in [0.4, 0.5) is 5.00 Å². The number of hydrogen-bond donors (Lipinski definition) is 1. The fourth-order valence-corrected chi connectivity index (χ4v) is 1.93. The second-order valence-electron chi connectivity index (χ2n) is 3.64. The maximum absolute atomic E-state index is 5.54. The summed E-state index contributed by atoms with van der Waals surface area (Å²) in [5.74, 6) is 0. The van der Waals surface area contributed by atoms with E-state index < -0.39 is 0 Å². The zero-order valence-electron chi connectivity index (χ0n) is 9.37. The zero-order chi connectivity index (χ0) is 10.9. The molecule has 1 heterocycles. The molecule has 0 saturated carbocycles. The molecule has 0 amide bonds. The Labute approximate surface area is 95.7 Å². The Morgan fingerprint density at radius 3 is 2.67 bits per heavy atom. The number of unbranched alkanes of at least 4 members (excludes halogenated alkanes) is 5. The highest BCUT2D eigenvalue weighted by Gasteiger charge is 1.98. The predicted molar refractivity (Wildman–Crippen MR) is 65.4 cm³/mol. The van der Waals surface area contributed by atoms with Crippen molar-refractivity contribution >= 4 is 16.3 Å². The molecular weight excluding hydrogens is 208 g/mol. The van der Waals surface area contributed by atoms with E-state index in [1.54, 1.807) is 6.20 Å². The van der Waals surface area contributed by atoms with E-state index in [0.29, 0.717) is 10.2 Å². The lowest BCUT2D eigenvalue weighted by atomic mass is 10.1. The molecule has 0 unspecified atom stereocenters. The Bertz CT molecular complexity index is 263. The van der Waals surface area contributed by atoms with Crippen LogP contribution in [0.3, 0.4) is 0 Å². The molecular formula is C11H20N2OS. The molecule has 86 valence electrons. The molecule has 4 heteroatoms. The minimum Gasteiger partial charge on any atom is -0.470 e. The first-order valence-electron chi connectivity index (χ1n) is 5.67. The molecule has 1 rings (SSSR count). The lowest BCUT2D eigenvalue weighted by Crippen LogP contribution is -1.96. The van der Waals surface area contributed by atoms with Crippen LogP contribution in [0.25, 0.3) is 0 Å². The van der Waals surface area contributed by atoms with E-state index in [4.69, 9.17) is 10.5 Å². The number of nitrogens with zero attached hydrogens (tertiary/aromatic N) is 1. The van der Waals surface area contributed by atoms with Crippen LogP contribution in [-0.4, -0.2) is 11.6 Å². The Hall–Kier alpha value is -0.770. The third-order valence-electron chi connectivity index (χ3n) is 2.23. The largest absolute Gasteiger partial charge is 0.470 e. The van der Waals surface area contributed by atoms with Crippen LogP contribution in [0, 0.1) is 0 Å². The van der Waals surface area contributed by atoms with Crippen molar-refractivity contribution in [3.05, 3.63) is 6.20 Å². The molecule has 0 fully saturated rings. The Kier molecular flexibility index (Phi) is 6.16. The monoisotopic (exact) mass is 228 g/mol. The maximum atomic E-state index is 5.54. The van der Waals surface area contributed by atoms with Crippen LogP contribution < -0.4 is 10.5 Å². The highest BCUT2D eigenvalue weighted by molar-refractivity contribution is 7.17. The van der Waals surface area contributed by atoms with Gasteiger partial charge >= 0.3 is 0 Å². The van der Waals surface area contributed by atoms with Crippen molar-refractivity contribution in [3.63, 3.8) is 0 Å². The summed E-state index contributed by atoms with van der Waals surface area (Å²) in [6.45, 7) is 3.00. The topological polar surface area (TPSA) is 48.1 Å².